The monoisotopic (exact) mass is 406 g/mol. The van der Waals surface area contributed by atoms with Crippen LogP contribution in [0.25, 0.3) is 17.0 Å². The van der Waals surface area contributed by atoms with Gasteiger partial charge in [-0.15, -0.1) is 0 Å². The van der Waals surface area contributed by atoms with E-state index in [0.717, 1.165) is 5.52 Å². The maximum Gasteiger partial charge on any atom is 0.231 e. The zero-order valence-electron chi connectivity index (χ0n) is 15.4. The lowest BCUT2D eigenvalue weighted by Gasteiger charge is -2.06. The zero-order chi connectivity index (χ0) is 20.5. The number of nitrogens with zero attached hydrogens (tertiary/aromatic N) is 1. The largest absolute Gasteiger partial charge is 0.454 e. The molecule has 4 rings (SSSR count). The van der Waals surface area contributed by atoms with E-state index in [0.29, 0.717) is 38.7 Å². The van der Waals surface area contributed by atoms with Crippen molar-refractivity contribution in [3.05, 3.63) is 64.3 Å². The van der Waals surface area contributed by atoms with Gasteiger partial charge in [0, 0.05) is 22.2 Å². The highest BCUT2D eigenvalue weighted by atomic mass is 35.5. The van der Waals surface area contributed by atoms with E-state index < -0.39 is 17.5 Å². The molecule has 6 nitrogen and oxygen atoms in total. The fraction of sp³-hybridized carbons (Fsp3) is 0.136. The average molecular weight is 407 g/mol. The molecule has 0 saturated carbocycles. The van der Waals surface area contributed by atoms with E-state index in [-0.39, 0.29) is 6.79 Å². The lowest BCUT2D eigenvalue weighted by atomic mass is 9.92. The van der Waals surface area contributed by atoms with E-state index in [1.165, 1.54) is 12.2 Å². The van der Waals surface area contributed by atoms with E-state index in [1.807, 2.05) is 18.2 Å². The standard InChI is InChI=1S/C22H15ClN2O4/c1-12-20(14-4-2-3-5-17(14)25-12)21(27)15(10-24)18(26)7-6-13-8-16(23)22-19(9-13)28-11-29-22/h2-9,15,25H,11H2,1H3/b7-6+. The van der Waals surface area contributed by atoms with Crippen molar-refractivity contribution < 1.29 is 19.1 Å². The van der Waals surface area contributed by atoms with Crippen LogP contribution in [0.3, 0.4) is 0 Å². The Hall–Kier alpha value is -3.56. The van der Waals surface area contributed by atoms with Gasteiger partial charge >= 0.3 is 0 Å². The molecule has 2 aromatic carbocycles. The summed E-state index contributed by atoms with van der Waals surface area (Å²) in [7, 11) is 0. The molecule has 1 aliphatic rings. The first kappa shape index (κ1) is 18.8. The minimum absolute atomic E-state index is 0.0795. The average Bonchev–Trinajstić information content (AvgIpc) is 3.30. The van der Waals surface area contributed by atoms with Crippen molar-refractivity contribution in [1.82, 2.24) is 4.98 Å². The van der Waals surface area contributed by atoms with Gasteiger partial charge in [0.2, 0.25) is 6.79 Å². The Bertz CT molecular complexity index is 1220. The molecule has 2 heterocycles. The number of aromatic nitrogens is 1. The van der Waals surface area contributed by atoms with Crippen LogP contribution in [-0.4, -0.2) is 23.3 Å². The summed E-state index contributed by atoms with van der Waals surface area (Å²) in [4.78, 5) is 28.7. The number of nitriles is 1. The van der Waals surface area contributed by atoms with Crippen LogP contribution in [0.1, 0.15) is 21.6 Å². The molecular weight excluding hydrogens is 392 g/mol. The molecule has 3 aromatic rings. The number of halogens is 1. The summed E-state index contributed by atoms with van der Waals surface area (Å²) in [5, 5.41) is 10.5. The Balaban J connectivity index is 1.61. The molecule has 29 heavy (non-hydrogen) atoms. The predicted molar refractivity (Wildman–Crippen MR) is 108 cm³/mol. The highest BCUT2D eigenvalue weighted by Gasteiger charge is 2.29. The summed E-state index contributed by atoms with van der Waals surface area (Å²) in [6, 6.07) is 12.4. The van der Waals surface area contributed by atoms with Crippen LogP contribution in [-0.2, 0) is 4.79 Å². The predicted octanol–water partition coefficient (Wildman–Crippen LogP) is 4.46. The first-order valence-electron chi connectivity index (χ1n) is 8.82. The number of ketones is 2. The second kappa shape index (κ2) is 7.46. The third-order valence-electron chi connectivity index (χ3n) is 4.71. The third-order valence-corrected chi connectivity index (χ3v) is 4.99. The lowest BCUT2D eigenvalue weighted by Crippen LogP contribution is -2.21. The van der Waals surface area contributed by atoms with Crippen molar-refractivity contribution in [1.29, 1.82) is 5.26 Å². The number of H-pyrrole nitrogens is 1. The molecule has 1 aliphatic heterocycles. The number of rotatable bonds is 5. The molecule has 0 spiro atoms. The van der Waals surface area contributed by atoms with Gasteiger partial charge < -0.3 is 14.5 Å². The number of ether oxygens (including phenoxy) is 2. The summed E-state index contributed by atoms with van der Waals surface area (Å²) < 4.78 is 10.5. The topological polar surface area (TPSA) is 92.2 Å². The van der Waals surface area contributed by atoms with Gasteiger partial charge in [-0.1, -0.05) is 35.9 Å². The van der Waals surface area contributed by atoms with Crippen LogP contribution >= 0.6 is 11.6 Å². The maximum atomic E-state index is 13.0. The Morgan fingerprint density at radius 1 is 1.28 bits per heavy atom. The number of carbonyl (C=O) groups is 2. The van der Waals surface area contributed by atoms with Crippen LogP contribution in [0.5, 0.6) is 11.5 Å². The van der Waals surface area contributed by atoms with Crippen LogP contribution in [0.2, 0.25) is 5.02 Å². The minimum Gasteiger partial charge on any atom is -0.454 e. The molecule has 0 radical (unpaired) electrons. The summed E-state index contributed by atoms with van der Waals surface area (Å²) in [5.41, 5.74) is 2.36. The highest BCUT2D eigenvalue weighted by Crippen LogP contribution is 2.40. The summed E-state index contributed by atoms with van der Waals surface area (Å²) in [6.07, 6.45) is 2.71. The normalized spacial score (nSPS) is 13.6. The number of aromatic amines is 1. The van der Waals surface area contributed by atoms with Gasteiger partial charge in [0.15, 0.2) is 29.0 Å². The van der Waals surface area contributed by atoms with Crippen molar-refractivity contribution in [2.75, 3.05) is 6.79 Å². The van der Waals surface area contributed by atoms with E-state index in [9.17, 15) is 14.9 Å². The Labute approximate surface area is 171 Å². The van der Waals surface area contributed by atoms with Gasteiger partial charge in [-0.05, 0) is 36.8 Å². The lowest BCUT2D eigenvalue weighted by molar-refractivity contribution is -0.115. The molecule has 0 bridgehead atoms. The molecule has 1 unspecified atom stereocenters. The fourth-order valence-electron chi connectivity index (χ4n) is 3.35. The number of benzene rings is 2. The van der Waals surface area contributed by atoms with Gasteiger partial charge in [-0.3, -0.25) is 9.59 Å². The number of hydrogen-bond donors (Lipinski definition) is 1. The van der Waals surface area contributed by atoms with Crippen molar-refractivity contribution in [2.24, 2.45) is 5.92 Å². The Kier molecular flexibility index (Phi) is 4.83. The molecular formula is C22H15ClN2O4. The van der Waals surface area contributed by atoms with Crippen molar-refractivity contribution in [3.8, 4) is 17.6 Å². The SMILES string of the molecule is Cc1[nH]c2ccccc2c1C(=O)C(C#N)C(=O)/C=C/c1cc(Cl)c2c(c1)OCO2. The van der Waals surface area contributed by atoms with E-state index in [1.54, 1.807) is 31.2 Å². The van der Waals surface area contributed by atoms with Gasteiger partial charge in [0.1, 0.15) is 0 Å². The molecule has 1 aromatic heterocycles. The second-order valence-electron chi connectivity index (χ2n) is 6.57. The molecule has 144 valence electrons. The molecule has 0 aliphatic carbocycles. The number of Topliss-reactive ketones (excluding diaryl/α,β-unsaturated/α-hetero) is 1. The van der Waals surface area contributed by atoms with Crippen LogP contribution in [0.15, 0.2) is 42.5 Å². The van der Waals surface area contributed by atoms with Crippen molar-refractivity contribution in [2.45, 2.75) is 6.92 Å². The van der Waals surface area contributed by atoms with Crippen LogP contribution in [0.4, 0.5) is 0 Å². The Morgan fingerprint density at radius 3 is 2.86 bits per heavy atom. The maximum absolute atomic E-state index is 13.0. The van der Waals surface area contributed by atoms with Crippen LogP contribution in [0, 0.1) is 24.2 Å². The number of allylic oxidation sites excluding steroid dienone is 1. The first-order valence-corrected chi connectivity index (χ1v) is 9.19. The van der Waals surface area contributed by atoms with E-state index in [4.69, 9.17) is 21.1 Å². The quantitative estimate of drug-likeness (QED) is 0.383. The van der Waals surface area contributed by atoms with Gasteiger partial charge in [0.25, 0.3) is 0 Å². The number of aryl methyl sites for hydroxylation is 1. The molecule has 0 saturated heterocycles. The molecule has 0 amide bonds. The van der Waals surface area contributed by atoms with Gasteiger partial charge in [-0.25, -0.2) is 0 Å². The zero-order valence-corrected chi connectivity index (χ0v) is 16.1. The molecule has 0 fully saturated rings. The minimum atomic E-state index is -1.44. The molecule has 1 atom stereocenters. The van der Waals surface area contributed by atoms with E-state index >= 15 is 0 Å². The summed E-state index contributed by atoms with van der Waals surface area (Å²) >= 11 is 6.14. The summed E-state index contributed by atoms with van der Waals surface area (Å²) in [6.45, 7) is 1.83. The van der Waals surface area contributed by atoms with Gasteiger partial charge in [-0.2, -0.15) is 5.26 Å². The smallest absolute Gasteiger partial charge is 0.231 e. The third kappa shape index (κ3) is 3.37. The Morgan fingerprint density at radius 2 is 2.07 bits per heavy atom. The number of fused-ring (bicyclic) bond motifs is 2. The number of nitrogens with one attached hydrogen (secondary N) is 1. The fourth-order valence-corrected chi connectivity index (χ4v) is 3.62. The molecule has 1 N–H and O–H groups in total. The van der Waals surface area contributed by atoms with Crippen molar-refractivity contribution in [3.63, 3.8) is 0 Å². The first-order chi connectivity index (χ1) is 14.0. The molecule has 7 heteroatoms. The number of para-hydroxylation sites is 1. The summed E-state index contributed by atoms with van der Waals surface area (Å²) in [5.74, 6) is -1.63. The van der Waals surface area contributed by atoms with Crippen molar-refractivity contribution >= 4 is 40.1 Å². The van der Waals surface area contributed by atoms with E-state index in [2.05, 4.69) is 4.98 Å². The van der Waals surface area contributed by atoms with Gasteiger partial charge in [0.05, 0.1) is 11.1 Å². The second-order valence-corrected chi connectivity index (χ2v) is 6.98. The number of carbonyl (C=O) groups excluding carboxylic acids is 2. The highest BCUT2D eigenvalue weighted by molar-refractivity contribution is 6.32. The van der Waals surface area contributed by atoms with Crippen LogP contribution < -0.4 is 9.47 Å². The number of hydrogen-bond acceptors (Lipinski definition) is 5.